The van der Waals surface area contributed by atoms with Crippen LogP contribution in [0.2, 0.25) is 0 Å². The molecule has 0 saturated heterocycles. The highest BCUT2D eigenvalue weighted by Crippen LogP contribution is 2.36. The summed E-state index contributed by atoms with van der Waals surface area (Å²) in [5, 5.41) is 0. The van der Waals surface area contributed by atoms with Crippen molar-refractivity contribution in [1.82, 2.24) is 0 Å². The third-order valence-corrected chi connectivity index (χ3v) is 2.26. The van der Waals surface area contributed by atoms with Crippen LogP contribution in [-0.2, 0) is 6.42 Å². The van der Waals surface area contributed by atoms with Crippen molar-refractivity contribution in [2.45, 2.75) is 25.6 Å². The molecule has 2 rings (SSSR count). The summed E-state index contributed by atoms with van der Waals surface area (Å²) in [6, 6.07) is 5.08. The number of halogens is 3. The molecule has 0 fully saturated rings. The van der Waals surface area contributed by atoms with E-state index in [1.165, 1.54) is 0 Å². The Balaban J connectivity index is 2.26. The standard InChI is InChI=1S/C10H9F3O/c1-6-2-3-8-7(4-6)5-9(14-8)10(11,12)13/h2-4,9H,5H2,1H3. The van der Waals surface area contributed by atoms with E-state index in [2.05, 4.69) is 0 Å². The van der Waals surface area contributed by atoms with E-state index in [0.717, 1.165) is 5.56 Å². The van der Waals surface area contributed by atoms with Gasteiger partial charge in [-0.1, -0.05) is 17.7 Å². The highest BCUT2D eigenvalue weighted by Gasteiger charge is 2.45. The Kier molecular flexibility index (Phi) is 1.94. The molecule has 0 aliphatic carbocycles. The molecule has 0 amide bonds. The summed E-state index contributed by atoms with van der Waals surface area (Å²) in [6.45, 7) is 1.85. The molecule has 76 valence electrons. The lowest BCUT2D eigenvalue weighted by molar-refractivity contribution is -0.189. The monoisotopic (exact) mass is 202 g/mol. The molecule has 0 saturated carbocycles. The first-order chi connectivity index (χ1) is 6.47. The van der Waals surface area contributed by atoms with Crippen LogP contribution in [0.25, 0.3) is 0 Å². The normalized spacial score (nSPS) is 20.4. The minimum absolute atomic E-state index is 0.0689. The number of hydrogen-bond donors (Lipinski definition) is 0. The smallest absolute Gasteiger partial charge is 0.425 e. The van der Waals surface area contributed by atoms with Gasteiger partial charge in [0.15, 0.2) is 6.10 Å². The van der Waals surface area contributed by atoms with E-state index < -0.39 is 12.3 Å². The van der Waals surface area contributed by atoms with E-state index in [-0.39, 0.29) is 6.42 Å². The second kappa shape index (κ2) is 2.90. The lowest BCUT2D eigenvalue weighted by Crippen LogP contribution is -2.32. The highest BCUT2D eigenvalue weighted by atomic mass is 19.4. The molecule has 0 N–H and O–H groups in total. The molecule has 1 unspecified atom stereocenters. The minimum atomic E-state index is -4.27. The Morgan fingerprint density at radius 3 is 2.71 bits per heavy atom. The SMILES string of the molecule is Cc1ccc2c(c1)CC(C(F)(F)F)O2. The van der Waals surface area contributed by atoms with Crippen LogP contribution in [0.5, 0.6) is 5.75 Å². The van der Waals surface area contributed by atoms with Gasteiger partial charge in [0.05, 0.1) is 0 Å². The van der Waals surface area contributed by atoms with Gasteiger partial charge in [0.1, 0.15) is 5.75 Å². The third kappa shape index (κ3) is 1.56. The Labute approximate surface area is 79.5 Å². The average Bonchev–Trinajstić information content (AvgIpc) is 2.45. The molecule has 1 aromatic rings. The van der Waals surface area contributed by atoms with Crippen molar-refractivity contribution in [3.05, 3.63) is 29.3 Å². The zero-order chi connectivity index (χ0) is 10.3. The van der Waals surface area contributed by atoms with Crippen molar-refractivity contribution in [3.63, 3.8) is 0 Å². The minimum Gasteiger partial charge on any atom is -0.480 e. The Hall–Kier alpha value is -1.19. The van der Waals surface area contributed by atoms with Crippen molar-refractivity contribution < 1.29 is 17.9 Å². The van der Waals surface area contributed by atoms with Gasteiger partial charge in [-0.15, -0.1) is 0 Å². The lowest BCUT2D eigenvalue weighted by atomic mass is 10.1. The molecule has 1 aliphatic rings. The summed E-state index contributed by atoms with van der Waals surface area (Å²) >= 11 is 0. The molecule has 0 radical (unpaired) electrons. The van der Waals surface area contributed by atoms with Gasteiger partial charge in [-0.3, -0.25) is 0 Å². The summed E-state index contributed by atoms with van der Waals surface area (Å²) in [7, 11) is 0. The largest absolute Gasteiger partial charge is 0.480 e. The van der Waals surface area contributed by atoms with E-state index in [0.29, 0.717) is 11.3 Å². The van der Waals surface area contributed by atoms with Gasteiger partial charge < -0.3 is 4.74 Å². The quantitative estimate of drug-likeness (QED) is 0.628. The van der Waals surface area contributed by atoms with Crippen molar-refractivity contribution in [1.29, 1.82) is 0 Å². The van der Waals surface area contributed by atoms with Crippen LogP contribution < -0.4 is 4.74 Å². The number of rotatable bonds is 0. The van der Waals surface area contributed by atoms with Crippen LogP contribution in [0, 0.1) is 6.92 Å². The van der Waals surface area contributed by atoms with E-state index in [1.807, 2.05) is 6.92 Å². The van der Waals surface area contributed by atoms with Gasteiger partial charge in [-0.05, 0) is 18.6 Å². The van der Waals surface area contributed by atoms with Gasteiger partial charge >= 0.3 is 6.18 Å². The maximum Gasteiger partial charge on any atom is 0.425 e. The summed E-state index contributed by atoms with van der Waals surface area (Å²) in [6.07, 6.45) is -6.01. The maximum absolute atomic E-state index is 12.3. The molecule has 14 heavy (non-hydrogen) atoms. The Bertz CT molecular complexity index is 357. The zero-order valence-electron chi connectivity index (χ0n) is 7.56. The molecule has 1 aliphatic heterocycles. The predicted molar refractivity (Wildman–Crippen MR) is 45.4 cm³/mol. The Morgan fingerprint density at radius 1 is 1.36 bits per heavy atom. The first-order valence-corrected chi connectivity index (χ1v) is 4.30. The highest BCUT2D eigenvalue weighted by molar-refractivity contribution is 5.40. The molecule has 4 heteroatoms. The number of benzene rings is 1. The number of alkyl halides is 3. The Morgan fingerprint density at radius 2 is 2.07 bits per heavy atom. The van der Waals surface area contributed by atoms with Crippen molar-refractivity contribution in [3.8, 4) is 5.75 Å². The van der Waals surface area contributed by atoms with Crippen LogP contribution in [0.1, 0.15) is 11.1 Å². The van der Waals surface area contributed by atoms with Gasteiger partial charge in [0, 0.05) is 6.42 Å². The molecular weight excluding hydrogens is 193 g/mol. The zero-order valence-corrected chi connectivity index (χ0v) is 7.56. The van der Waals surface area contributed by atoms with Crippen molar-refractivity contribution >= 4 is 0 Å². The summed E-state index contributed by atoms with van der Waals surface area (Å²) in [4.78, 5) is 0. The van der Waals surface area contributed by atoms with Crippen LogP contribution in [0.4, 0.5) is 13.2 Å². The fourth-order valence-corrected chi connectivity index (χ4v) is 1.56. The number of fused-ring (bicyclic) bond motifs is 1. The fourth-order valence-electron chi connectivity index (χ4n) is 1.56. The second-order valence-electron chi connectivity index (χ2n) is 3.46. The molecule has 0 spiro atoms. The van der Waals surface area contributed by atoms with E-state index >= 15 is 0 Å². The molecule has 1 atom stereocenters. The van der Waals surface area contributed by atoms with Crippen LogP contribution >= 0.6 is 0 Å². The first kappa shape index (κ1) is 9.37. The van der Waals surface area contributed by atoms with Gasteiger partial charge in [0.2, 0.25) is 0 Å². The molecule has 0 aromatic heterocycles. The van der Waals surface area contributed by atoms with E-state index in [1.54, 1.807) is 18.2 Å². The van der Waals surface area contributed by atoms with Gasteiger partial charge in [-0.25, -0.2) is 0 Å². The van der Waals surface area contributed by atoms with E-state index in [9.17, 15) is 13.2 Å². The van der Waals surface area contributed by atoms with Gasteiger partial charge in [0.25, 0.3) is 0 Å². The number of aryl methyl sites for hydroxylation is 1. The summed E-state index contributed by atoms with van der Waals surface area (Å²) in [5.41, 5.74) is 1.60. The fraction of sp³-hybridized carbons (Fsp3) is 0.400. The molecule has 1 aromatic carbocycles. The third-order valence-electron chi connectivity index (χ3n) is 2.26. The summed E-state index contributed by atoms with van der Waals surface area (Å²) in [5.74, 6) is 0.359. The second-order valence-corrected chi connectivity index (χ2v) is 3.46. The average molecular weight is 202 g/mol. The van der Waals surface area contributed by atoms with Crippen LogP contribution in [0.3, 0.4) is 0 Å². The number of hydrogen-bond acceptors (Lipinski definition) is 1. The van der Waals surface area contributed by atoms with E-state index in [4.69, 9.17) is 4.74 Å². The van der Waals surface area contributed by atoms with Crippen LogP contribution in [0.15, 0.2) is 18.2 Å². The van der Waals surface area contributed by atoms with Crippen molar-refractivity contribution in [2.24, 2.45) is 0 Å². The predicted octanol–water partition coefficient (Wildman–Crippen LogP) is 2.86. The molecular formula is C10H9F3O. The summed E-state index contributed by atoms with van der Waals surface area (Å²) < 4.78 is 41.7. The topological polar surface area (TPSA) is 9.23 Å². The maximum atomic E-state index is 12.3. The van der Waals surface area contributed by atoms with Crippen LogP contribution in [-0.4, -0.2) is 12.3 Å². The number of ether oxygens (including phenoxy) is 1. The van der Waals surface area contributed by atoms with Gasteiger partial charge in [-0.2, -0.15) is 13.2 Å². The van der Waals surface area contributed by atoms with Crippen molar-refractivity contribution in [2.75, 3.05) is 0 Å². The molecule has 1 heterocycles. The molecule has 0 bridgehead atoms. The lowest BCUT2D eigenvalue weighted by Gasteiger charge is -2.13. The first-order valence-electron chi connectivity index (χ1n) is 4.30. The molecule has 1 nitrogen and oxygen atoms in total.